The highest BCUT2D eigenvalue weighted by Crippen LogP contribution is 2.28. The molecule has 3 heteroatoms. The van der Waals surface area contributed by atoms with E-state index in [1.165, 1.54) is 6.42 Å². The molecule has 0 aromatic heterocycles. The lowest BCUT2D eigenvalue weighted by Gasteiger charge is -2.39. The molecule has 1 saturated heterocycles. The summed E-state index contributed by atoms with van der Waals surface area (Å²) >= 11 is 0. The lowest BCUT2D eigenvalue weighted by Crippen LogP contribution is -2.47. The van der Waals surface area contributed by atoms with Crippen LogP contribution in [0.4, 0.5) is 4.79 Å². The second-order valence-electron chi connectivity index (χ2n) is 3.43. The maximum absolute atomic E-state index is 11.3. The normalized spacial score (nSPS) is 25.2. The molecule has 0 aromatic rings. The van der Waals surface area contributed by atoms with Gasteiger partial charge in [0.1, 0.15) is 5.76 Å². The van der Waals surface area contributed by atoms with Crippen LogP contribution in [0.1, 0.15) is 25.7 Å². The van der Waals surface area contributed by atoms with Gasteiger partial charge in [0.2, 0.25) is 0 Å². The molecule has 0 radical (unpaired) electrons. The van der Waals surface area contributed by atoms with E-state index in [4.69, 9.17) is 4.74 Å². The van der Waals surface area contributed by atoms with Gasteiger partial charge in [-0.2, -0.15) is 0 Å². The highest BCUT2D eigenvalue weighted by atomic mass is 16.6. The van der Waals surface area contributed by atoms with Gasteiger partial charge in [-0.3, -0.25) is 0 Å². The Hall–Kier alpha value is -0.990. The summed E-state index contributed by atoms with van der Waals surface area (Å²) in [6.45, 7) is 4.43. The van der Waals surface area contributed by atoms with Crippen molar-refractivity contribution >= 4 is 6.09 Å². The second kappa shape index (κ2) is 2.81. The minimum atomic E-state index is -0.198. The smallest absolute Gasteiger partial charge is 0.415 e. The highest BCUT2D eigenvalue weighted by Gasteiger charge is 2.32. The van der Waals surface area contributed by atoms with Crippen LogP contribution in [0.2, 0.25) is 0 Å². The Kier molecular flexibility index (Phi) is 1.79. The summed E-state index contributed by atoms with van der Waals surface area (Å²) in [5.41, 5.74) is 0. The van der Waals surface area contributed by atoms with Crippen LogP contribution >= 0.6 is 0 Å². The molecule has 66 valence electrons. The summed E-state index contributed by atoms with van der Waals surface area (Å²) in [6, 6.07) is 0.450. The van der Waals surface area contributed by atoms with E-state index in [0.29, 0.717) is 11.8 Å². The van der Waals surface area contributed by atoms with Crippen molar-refractivity contribution < 1.29 is 9.53 Å². The third-order valence-electron chi connectivity index (χ3n) is 2.61. The van der Waals surface area contributed by atoms with E-state index in [2.05, 4.69) is 6.58 Å². The van der Waals surface area contributed by atoms with Gasteiger partial charge in [0.15, 0.2) is 0 Å². The van der Waals surface area contributed by atoms with Crippen LogP contribution < -0.4 is 0 Å². The van der Waals surface area contributed by atoms with Gasteiger partial charge in [0.25, 0.3) is 0 Å². The van der Waals surface area contributed by atoms with Crippen molar-refractivity contribution in [2.75, 3.05) is 6.54 Å². The summed E-state index contributed by atoms with van der Waals surface area (Å²) < 4.78 is 4.95. The number of carbonyl (C=O) groups excluding carboxylic acids is 1. The minimum absolute atomic E-state index is 0.198. The molecule has 2 aliphatic rings. The van der Waals surface area contributed by atoms with Crippen LogP contribution in [0, 0.1) is 0 Å². The number of cyclic esters (lactones) is 1. The summed E-state index contributed by atoms with van der Waals surface area (Å²) in [6.07, 6.45) is 4.12. The molecule has 0 N–H and O–H groups in total. The fourth-order valence-electron chi connectivity index (χ4n) is 1.60. The molecule has 1 aliphatic carbocycles. The third kappa shape index (κ3) is 1.19. The molecule has 1 amide bonds. The van der Waals surface area contributed by atoms with Gasteiger partial charge in [-0.25, -0.2) is 4.79 Å². The van der Waals surface area contributed by atoms with Crippen LogP contribution in [0.5, 0.6) is 0 Å². The first-order valence-corrected chi connectivity index (χ1v) is 4.43. The van der Waals surface area contributed by atoms with E-state index < -0.39 is 0 Å². The van der Waals surface area contributed by atoms with Crippen molar-refractivity contribution in [1.29, 1.82) is 0 Å². The number of carbonyl (C=O) groups is 1. The number of amides is 1. The van der Waals surface area contributed by atoms with Crippen molar-refractivity contribution in [3.63, 3.8) is 0 Å². The quantitative estimate of drug-likeness (QED) is 0.597. The Morgan fingerprint density at radius 1 is 1.50 bits per heavy atom. The fourth-order valence-corrected chi connectivity index (χ4v) is 1.60. The number of rotatable bonds is 1. The average Bonchev–Trinajstić information content (AvgIpc) is 1.91. The predicted molar refractivity (Wildman–Crippen MR) is 44.6 cm³/mol. The summed E-state index contributed by atoms with van der Waals surface area (Å²) in [5.74, 6) is 0.607. The minimum Gasteiger partial charge on any atom is -0.415 e. The molecule has 0 aromatic carbocycles. The molecular formula is C9H13NO2. The standard InChI is InChI=1S/C9H13NO2/c1-7-5-6-10(9(11)12-7)8-3-2-4-8/h8H,1-6H2. The maximum atomic E-state index is 11.3. The SMILES string of the molecule is C=C1CCN(C2CCC2)C(=O)O1. The van der Waals surface area contributed by atoms with Gasteiger partial charge in [-0.05, 0) is 19.3 Å². The molecular weight excluding hydrogens is 154 g/mol. The molecule has 1 saturated carbocycles. The van der Waals surface area contributed by atoms with Crippen molar-refractivity contribution in [2.24, 2.45) is 0 Å². The Morgan fingerprint density at radius 2 is 2.25 bits per heavy atom. The van der Waals surface area contributed by atoms with Crippen molar-refractivity contribution in [1.82, 2.24) is 4.90 Å². The number of nitrogens with zero attached hydrogens (tertiary/aromatic N) is 1. The molecule has 0 spiro atoms. The molecule has 12 heavy (non-hydrogen) atoms. The number of ether oxygens (including phenoxy) is 1. The lowest BCUT2D eigenvalue weighted by atomic mass is 9.91. The predicted octanol–water partition coefficient (Wildman–Crippen LogP) is 1.89. The highest BCUT2D eigenvalue weighted by molar-refractivity contribution is 5.70. The van der Waals surface area contributed by atoms with Crippen LogP contribution in [-0.4, -0.2) is 23.6 Å². The van der Waals surface area contributed by atoms with Gasteiger partial charge in [0, 0.05) is 19.0 Å². The Balaban J connectivity index is 1.97. The Bertz CT molecular complexity index is 221. The van der Waals surface area contributed by atoms with E-state index in [0.717, 1.165) is 25.8 Å². The third-order valence-corrected chi connectivity index (χ3v) is 2.61. The van der Waals surface area contributed by atoms with Gasteiger partial charge >= 0.3 is 6.09 Å². The molecule has 2 fully saturated rings. The van der Waals surface area contributed by atoms with Crippen LogP contribution in [0.25, 0.3) is 0 Å². The van der Waals surface area contributed by atoms with E-state index in [-0.39, 0.29) is 6.09 Å². The summed E-state index contributed by atoms with van der Waals surface area (Å²) in [5, 5.41) is 0. The zero-order valence-electron chi connectivity index (χ0n) is 7.08. The van der Waals surface area contributed by atoms with E-state index in [9.17, 15) is 4.79 Å². The van der Waals surface area contributed by atoms with Gasteiger partial charge in [-0.1, -0.05) is 6.58 Å². The molecule has 1 aliphatic heterocycles. The van der Waals surface area contributed by atoms with Crippen LogP contribution in [0.3, 0.4) is 0 Å². The largest absolute Gasteiger partial charge is 0.415 e. The molecule has 0 unspecified atom stereocenters. The van der Waals surface area contributed by atoms with Gasteiger partial charge in [0.05, 0.1) is 0 Å². The summed E-state index contributed by atoms with van der Waals surface area (Å²) in [4.78, 5) is 13.1. The van der Waals surface area contributed by atoms with Crippen molar-refractivity contribution in [3.8, 4) is 0 Å². The van der Waals surface area contributed by atoms with Crippen LogP contribution in [-0.2, 0) is 4.74 Å². The molecule has 2 rings (SSSR count). The fraction of sp³-hybridized carbons (Fsp3) is 0.667. The van der Waals surface area contributed by atoms with Crippen molar-refractivity contribution in [2.45, 2.75) is 31.7 Å². The van der Waals surface area contributed by atoms with Crippen molar-refractivity contribution in [3.05, 3.63) is 12.3 Å². The average molecular weight is 167 g/mol. The maximum Gasteiger partial charge on any atom is 0.415 e. The van der Waals surface area contributed by atoms with E-state index in [1.807, 2.05) is 4.90 Å². The lowest BCUT2D eigenvalue weighted by molar-refractivity contribution is 0.0635. The molecule has 3 nitrogen and oxygen atoms in total. The number of hydrogen-bond donors (Lipinski definition) is 0. The van der Waals surface area contributed by atoms with Gasteiger partial charge < -0.3 is 9.64 Å². The molecule has 0 bridgehead atoms. The first kappa shape index (κ1) is 7.65. The summed E-state index contributed by atoms with van der Waals surface area (Å²) in [7, 11) is 0. The molecule has 1 heterocycles. The van der Waals surface area contributed by atoms with E-state index in [1.54, 1.807) is 0 Å². The Morgan fingerprint density at radius 3 is 2.75 bits per heavy atom. The van der Waals surface area contributed by atoms with Crippen LogP contribution in [0.15, 0.2) is 12.3 Å². The second-order valence-corrected chi connectivity index (χ2v) is 3.43. The molecule has 0 atom stereocenters. The topological polar surface area (TPSA) is 29.5 Å². The first-order chi connectivity index (χ1) is 5.77. The van der Waals surface area contributed by atoms with E-state index >= 15 is 0 Å². The van der Waals surface area contributed by atoms with Gasteiger partial charge in [-0.15, -0.1) is 0 Å². The number of hydrogen-bond acceptors (Lipinski definition) is 2. The zero-order valence-corrected chi connectivity index (χ0v) is 7.08. The zero-order chi connectivity index (χ0) is 8.55. The monoisotopic (exact) mass is 167 g/mol. The first-order valence-electron chi connectivity index (χ1n) is 4.43. The Labute approximate surface area is 72.0 Å².